The highest BCUT2D eigenvalue weighted by atomic mass is 32.2. The summed E-state index contributed by atoms with van der Waals surface area (Å²) in [4.78, 5) is 11.0. The molecule has 96 valence electrons. The third kappa shape index (κ3) is 4.91. The van der Waals surface area contributed by atoms with Gasteiger partial charge in [0.25, 0.3) is 0 Å². The van der Waals surface area contributed by atoms with Crippen LogP contribution in [0.5, 0.6) is 0 Å². The van der Waals surface area contributed by atoms with E-state index in [9.17, 15) is 18.3 Å². The van der Waals surface area contributed by atoms with E-state index in [4.69, 9.17) is 0 Å². The van der Waals surface area contributed by atoms with Crippen molar-refractivity contribution < 1.29 is 23.1 Å². The molecule has 0 saturated heterocycles. The normalized spacial score (nSPS) is 15.5. The second kappa shape index (κ2) is 6.82. The molecule has 0 bridgehead atoms. The van der Waals surface area contributed by atoms with Gasteiger partial charge in [0.1, 0.15) is 0 Å². The van der Waals surface area contributed by atoms with Crippen molar-refractivity contribution in [3.05, 3.63) is 0 Å². The molecule has 6 nitrogen and oxygen atoms in total. The number of ether oxygens (including phenoxy) is 1. The first-order valence-corrected chi connectivity index (χ1v) is 6.64. The Balaban J connectivity index is 4.20. The summed E-state index contributed by atoms with van der Waals surface area (Å²) in [6, 6.07) is 0. The fourth-order valence-corrected chi connectivity index (χ4v) is 1.99. The summed E-state index contributed by atoms with van der Waals surface area (Å²) in [5, 5.41) is 7.98. The van der Waals surface area contributed by atoms with Crippen LogP contribution < -0.4 is 4.72 Å². The number of hydrogen-bond acceptors (Lipinski definition) is 5. The topological polar surface area (TPSA) is 92.7 Å². The van der Waals surface area contributed by atoms with E-state index in [-0.39, 0.29) is 6.54 Å². The van der Waals surface area contributed by atoms with E-state index < -0.39 is 27.3 Å². The Hall–Kier alpha value is -0.660. The van der Waals surface area contributed by atoms with Crippen LogP contribution >= 0.6 is 0 Å². The lowest BCUT2D eigenvalue weighted by Gasteiger charge is -2.13. The molecule has 0 aliphatic rings. The van der Waals surface area contributed by atoms with Gasteiger partial charge >= 0.3 is 5.97 Å². The zero-order valence-electron chi connectivity index (χ0n) is 9.76. The predicted molar refractivity (Wildman–Crippen MR) is 59.3 cm³/mol. The van der Waals surface area contributed by atoms with E-state index >= 15 is 0 Å². The molecule has 0 radical (unpaired) electrons. The Morgan fingerprint density at radius 2 is 2.06 bits per heavy atom. The highest BCUT2D eigenvalue weighted by molar-refractivity contribution is 7.90. The van der Waals surface area contributed by atoms with Crippen molar-refractivity contribution in [2.45, 2.75) is 38.0 Å². The van der Waals surface area contributed by atoms with Gasteiger partial charge in [0, 0.05) is 6.54 Å². The molecule has 0 aromatic carbocycles. The van der Waals surface area contributed by atoms with Crippen LogP contribution in [0.4, 0.5) is 0 Å². The second-order valence-electron chi connectivity index (χ2n) is 3.46. The number of carbonyl (C=O) groups excluding carboxylic acids is 1. The smallest absolute Gasteiger partial charge is 0.325 e. The zero-order chi connectivity index (χ0) is 12.8. The molecule has 0 aliphatic heterocycles. The maximum absolute atomic E-state index is 11.5. The molecular weight excluding hydrogens is 234 g/mol. The summed E-state index contributed by atoms with van der Waals surface area (Å²) in [5.41, 5.74) is 0. The first-order chi connectivity index (χ1) is 7.35. The molecule has 0 amide bonds. The lowest BCUT2D eigenvalue weighted by Crippen LogP contribution is -2.39. The molecular formula is C9H19NO5S. The Kier molecular flexibility index (Phi) is 6.54. The number of esters is 1. The van der Waals surface area contributed by atoms with Crippen molar-refractivity contribution >= 4 is 16.0 Å². The number of rotatable bonds is 7. The van der Waals surface area contributed by atoms with Crippen LogP contribution in [0.15, 0.2) is 0 Å². The minimum atomic E-state index is -3.71. The fraction of sp³-hybridized carbons (Fsp3) is 0.889. The largest absolute Gasteiger partial charge is 0.468 e. The third-order valence-electron chi connectivity index (χ3n) is 2.25. The standard InChI is InChI=1S/C9H19NO5S/c1-4-8(11)5-6-10-16(13,14)7(2)9(12)15-3/h7-8,10-11H,4-6H2,1-3H3. The van der Waals surface area contributed by atoms with Gasteiger partial charge in [-0.15, -0.1) is 0 Å². The summed E-state index contributed by atoms with van der Waals surface area (Å²) < 4.78 is 29.6. The number of methoxy groups -OCH3 is 1. The van der Waals surface area contributed by atoms with Gasteiger partial charge in [-0.3, -0.25) is 4.79 Å². The molecule has 2 N–H and O–H groups in total. The molecule has 0 spiro atoms. The van der Waals surface area contributed by atoms with Crippen molar-refractivity contribution in [1.29, 1.82) is 0 Å². The number of hydrogen-bond donors (Lipinski definition) is 2. The molecule has 2 unspecified atom stereocenters. The quantitative estimate of drug-likeness (QED) is 0.604. The molecule has 0 saturated carbocycles. The van der Waals surface area contributed by atoms with Gasteiger partial charge in [0.15, 0.2) is 5.25 Å². The SMILES string of the molecule is CCC(O)CCNS(=O)(=O)C(C)C(=O)OC. The Labute approximate surface area is 96.0 Å². The summed E-state index contributed by atoms with van der Waals surface area (Å²) in [5.74, 6) is -0.802. The minimum absolute atomic E-state index is 0.110. The van der Waals surface area contributed by atoms with Crippen LogP contribution in [0.2, 0.25) is 0 Å². The monoisotopic (exact) mass is 253 g/mol. The molecule has 0 heterocycles. The van der Waals surface area contributed by atoms with Gasteiger partial charge in [0.05, 0.1) is 13.2 Å². The average Bonchev–Trinajstić information content (AvgIpc) is 2.26. The van der Waals surface area contributed by atoms with Crippen LogP contribution in [0.3, 0.4) is 0 Å². The van der Waals surface area contributed by atoms with Gasteiger partial charge < -0.3 is 9.84 Å². The van der Waals surface area contributed by atoms with Crippen LogP contribution in [0, 0.1) is 0 Å². The molecule has 0 aromatic rings. The summed E-state index contributed by atoms with van der Waals surface area (Å²) in [6.45, 7) is 3.17. The lowest BCUT2D eigenvalue weighted by atomic mass is 10.2. The molecule has 0 fully saturated rings. The highest BCUT2D eigenvalue weighted by Crippen LogP contribution is 2.02. The van der Waals surface area contributed by atoms with E-state index in [0.717, 1.165) is 7.11 Å². The van der Waals surface area contributed by atoms with Gasteiger partial charge in [-0.2, -0.15) is 0 Å². The second-order valence-corrected chi connectivity index (χ2v) is 5.54. The Bertz CT molecular complexity index is 314. The van der Waals surface area contributed by atoms with E-state index in [1.807, 2.05) is 0 Å². The molecule has 16 heavy (non-hydrogen) atoms. The van der Waals surface area contributed by atoms with Crippen LogP contribution in [0.25, 0.3) is 0 Å². The Morgan fingerprint density at radius 3 is 2.50 bits per heavy atom. The van der Waals surface area contributed by atoms with E-state index in [1.165, 1.54) is 6.92 Å². The zero-order valence-corrected chi connectivity index (χ0v) is 10.6. The number of nitrogens with one attached hydrogen (secondary N) is 1. The summed E-state index contributed by atoms with van der Waals surface area (Å²) in [7, 11) is -2.58. The number of carbonyl (C=O) groups is 1. The highest BCUT2D eigenvalue weighted by Gasteiger charge is 2.28. The third-order valence-corrected chi connectivity index (χ3v) is 3.98. The molecule has 0 aromatic heterocycles. The molecule has 0 aliphatic carbocycles. The fourth-order valence-electron chi connectivity index (χ4n) is 0.990. The minimum Gasteiger partial charge on any atom is -0.468 e. The van der Waals surface area contributed by atoms with E-state index in [0.29, 0.717) is 12.8 Å². The van der Waals surface area contributed by atoms with Gasteiger partial charge in [-0.05, 0) is 19.8 Å². The van der Waals surface area contributed by atoms with Gasteiger partial charge in [-0.25, -0.2) is 13.1 Å². The first kappa shape index (κ1) is 15.3. The van der Waals surface area contributed by atoms with E-state index in [1.54, 1.807) is 6.92 Å². The van der Waals surface area contributed by atoms with Crippen molar-refractivity contribution in [3.8, 4) is 0 Å². The van der Waals surface area contributed by atoms with Gasteiger partial charge in [0.2, 0.25) is 10.0 Å². The predicted octanol–water partition coefficient (Wildman–Crippen LogP) is -0.372. The Morgan fingerprint density at radius 1 is 1.50 bits per heavy atom. The van der Waals surface area contributed by atoms with Crippen LogP contribution in [-0.2, 0) is 19.6 Å². The molecule has 7 heteroatoms. The van der Waals surface area contributed by atoms with Crippen molar-refractivity contribution in [3.63, 3.8) is 0 Å². The molecule has 0 rings (SSSR count). The molecule has 2 atom stereocenters. The lowest BCUT2D eigenvalue weighted by molar-refractivity contribution is -0.139. The van der Waals surface area contributed by atoms with Crippen molar-refractivity contribution in [2.24, 2.45) is 0 Å². The van der Waals surface area contributed by atoms with Crippen molar-refractivity contribution in [1.82, 2.24) is 4.72 Å². The summed E-state index contributed by atoms with van der Waals surface area (Å²) >= 11 is 0. The van der Waals surface area contributed by atoms with E-state index in [2.05, 4.69) is 9.46 Å². The summed E-state index contributed by atoms with van der Waals surface area (Å²) in [6.07, 6.45) is 0.355. The number of aliphatic hydroxyl groups is 1. The van der Waals surface area contributed by atoms with Crippen LogP contribution in [0.1, 0.15) is 26.7 Å². The number of aliphatic hydroxyl groups excluding tert-OH is 1. The van der Waals surface area contributed by atoms with Crippen LogP contribution in [-0.4, -0.2) is 44.5 Å². The van der Waals surface area contributed by atoms with Gasteiger partial charge in [-0.1, -0.05) is 6.92 Å². The first-order valence-electron chi connectivity index (χ1n) is 5.09. The average molecular weight is 253 g/mol. The number of sulfonamides is 1. The maximum atomic E-state index is 11.5. The maximum Gasteiger partial charge on any atom is 0.325 e. The van der Waals surface area contributed by atoms with Crippen molar-refractivity contribution in [2.75, 3.05) is 13.7 Å².